The van der Waals surface area contributed by atoms with Crippen LogP contribution in [-0.2, 0) is 21.2 Å². The first-order valence-corrected chi connectivity index (χ1v) is 10.4. The van der Waals surface area contributed by atoms with Crippen LogP contribution in [0.1, 0.15) is 18.9 Å². The van der Waals surface area contributed by atoms with Gasteiger partial charge in [-0.3, -0.25) is 9.69 Å². The van der Waals surface area contributed by atoms with Gasteiger partial charge >= 0.3 is 0 Å². The predicted molar refractivity (Wildman–Crippen MR) is 100 cm³/mol. The zero-order valence-electron chi connectivity index (χ0n) is 16.1. The fourth-order valence-electron chi connectivity index (χ4n) is 3.13. The summed E-state index contributed by atoms with van der Waals surface area (Å²) in [6, 6.07) is 4.96. The first kappa shape index (κ1) is 20.5. The van der Waals surface area contributed by atoms with Crippen molar-refractivity contribution in [3.05, 3.63) is 23.8 Å². The molecule has 2 atom stereocenters. The molecule has 1 aliphatic rings. The molecule has 0 aromatic heterocycles. The number of carbonyl (C=O) groups is 1. The Morgan fingerprint density at radius 1 is 1.27 bits per heavy atom. The third-order valence-corrected chi connectivity index (χ3v) is 6.79. The van der Waals surface area contributed by atoms with Crippen LogP contribution >= 0.6 is 0 Å². The lowest BCUT2D eigenvalue weighted by molar-refractivity contribution is -0.136. The summed E-state index contributed by atoms with van der Waals surface area (Å²) < 4.78 is 33.9. The Hall–Kier alpha value is -1.80. The maximum Gasteiger partial charge on any atom is 0.239 e. The van der Waals surface area contributed by atoms with Gasteiger partial charge in [0.25, 0.3) is 0 Å². The lowest BCUT2D eigenvalue weighted by atomic mass is 10.1. The minimum absolute atomic E-state index is 0.0535. The van der Waals surface area contributed by atoms with Crippen molar-refractivity contribution in [1.82, 2.24) is 9.80 Å². The Morgan fingerprint density at radius 3 is 2.50 bits per heavy atom. The number of amides is 1. The molecule has 0 aliphatic carbocycles. The second-order valence-electron chi connectivity index (χ2n) is 6.77. The summed E-state index contributed by atoms with van der Waals surface area (Å²) in [6.45, 7) is 2.36. The van der Waals surface area contributed by atoms with E-state index in [2.05, 4.69) is 0 Å². The van der Waals surface area contributed by atoms with Crippen LogP contribution in [-0.4, -0.2) is 76.0 Å². The summed E-state index contributed by atoms with van der Waals surface area (Å²) in [5.74, 6) is 1.54. The molecule has 7 nitrogen and oxygen atoms in total. The molecular weight excluding hydrogens is 356 g/mol. The fourth-order valence-corrected chi connectivity index (χ4v) is 4.91. The number of likely N-dealkylation sites (N-methyl/N-ethyl adjacent to an activating group) is 2. The van der Waals surface area contributed by atoms with Crippen LogP contribution in [0.3, 0.4) is 0 Å². The normalized spacial score (nSPS) is 20.0. The van der Waals surface area contributed by atoms with E-state index in [4.69, 9.17) is 9.47 Å². The molecule has 26 heavy (non-hydrogen) atoms. The second kappa shape index (κ2) is 8.26. The molecule has 1 fully saturated rings. The number of ether oxygens (including phenoxy) is 2. The first-order valence-electron chi connectivity index (χ1n) is 8.56. The standard InChI is InChI=1S/C18H28N2O5S/c1-13(18(21)20(3)15-8-9-26(22,23)12-15)19(2)11-14-6-7-16(24-4)10-17(14)25-5/h6-7,10,13,15H,8-9,11-12H2,1-5H3. The number of methoxy groups -OCH3 is 2. The summed E-state index contributed by atoms with van der Waals surface area (Å²) in [4.78, 5) is 16.3. The number of hydrogen-bond donors (Lipinski definition) is 0. The van der Waals surface area contributed by atoms with Crippen molar-refractivity contribution < 1.29 is 22.7 Å². The molecule has 0 spiro atoms. The maximum absolute atomic E-state index is 12.8. The molecule has 8 heteroatoms. The van der Waals surface area contributed by atoms with E-state index < -0.39 is 9.84 Å². The third-order valence-electron chi connectivity index (χ3n) is 5.04. The van der Waals surface area contributed by atoms with Crippen LogP contribution in [0, 0.1) is 0 Å². The summed E-state index contributed by atoms with van der Waals surface area (Å²) in [5, 5.41) is 0. The van der Waals surface area contributed by atoms with Gasteiger partial charge in [-0.05, 0) is 26.5 Å². The van der Waals surface area contributed by atoms with Crippen molar-refractivity contribution >= 4 is 15.7 Å². The van der Waals surface area contributed by atoms with Crippen LogP contribution in [0.2, 0.25) is 0 Å². The lowest BCUT2D eigenvalue weighted by Crippen LogP contribution is -2.48. The number of benzene rings is 1. The van der Waals surface area contributed by atoms with E-state index >= 15 is 0 Å². The third kappa shape index (κ3) is 4.67. The first-order chi connectivity index (χ1) is 12.2. The number of hydrogen-bond acceptors (Lipinski definition) is 6. The van der Waals surface area contributed by atoms with Crippen LogP contribution in [0.5, 0.6) is 11.5 Å². The van der Waals surface area contributed by atoms with Gasteiger partial charge < -0.3 is 14.4 Å². The van der Waals surface area contributed by atoms with Gasteiger partial charge in [0.05, 0.1) is 31.8 Å². The van der Waals surface area contributed by atoms with E-state index in [1.54, 1.807) is 26.2 Å². The Kier molecular flexibility index (Phi) is 6.52. The second-order valence-corrected chi connectivity index (χ2v) is 9.00. The molecule has 2 unspecified atom stereocenters. The van der Waals surface area contributed by atoms with Crippen LogP contribution in [0.15, 0.2) is 18.2 Å². The molecule has 0 bridgehead atoms. The van der Waals surface area contributed by atoms with Crippen LogP contribution in [0.25, 0.3) is 0 Å². The summed E-state index contributed by atoms with van der Waals surface area (Å²) in [7, 11) is 3.73. The predicted octanol–water partition coefficient (Wildman–Crippen LogP) is 1.17. The van der Waals surface area contributed by atoms with E-state index in [0.29, 0.717) is 24.5 Å². The average molecular weight is 384 g/mol. The Morgan fingerprint density at radius 2 is 1.96 bits per heavy atom. The Balaban J connectivity index is 2.05. The van der Waals surface area contributed by atoms with Gasteiger partial charge in [0.1, 0.15) is 11.5 Å². The van der Waals surface area contributed by atoms with Crippen LogP contribution in [0.4, 0.5) is 0 Å². The Labute approximate surface area is 155 Å². The topological polar surface area (TPSA) is 76.2 Å². The van der Waals surface area contributed by atoms with Gasteiger partial charge in [0.15, 0.2) is 9.84 Å². The molecule has 146 valence electrons. The molecule has 0 saturated carbocycles. The molecule has 1 saturated heterocycles. The van der Waals surface area contributed by atoms with E-state index in [9.17, 15) is 13.2 Å². The molecule has 1 aromatic carbocycles. The highest BCUT2D eigenvalue weighted by Crippen LogP contribution is 2.26. The van der Waals surface area contributed by atoms with E-state index in [1.807, 2.05) is 37.1 Å². The smallest absolute Gasteiger partial charge is 0.239 e. The number of nitrogens with zero attached hydrogens (tertiary/aromatic N) is 2. The highest BCUT2D eigenvalue weighted by Gasteiger charge is 2.34. The molecule has 1 aliphatic heterocycles. The minimum atomic E-state index is -3.02. The van der Waals surface area contributed by atoms with Gasteiger partial charge in [0, 0.05) is 31.3 Å². The van der Waals surface area contributed by atoms with E-state index in [1.165, 1.54) is 0 Å². The average Bonchev–Trinajstić information content (AvgIpc) is 2.99. The molecule has 2 rings (SSSR count). The highest BCUT2D eigenvalue weighted by molar-refractivity contribution is 7.91. The largest absolute Gasteiger partial charge is 0.497 e. The van der Waals surface area contributed by atoms with Crippen molar-refractivity contribution in [2.75, 3.05) is 39.8 Å². The van der Waals surface area contributed by atoms with E-state index in [-0.39, 0.29) is 29.5 Å². The maximum atomic E-state index is 12.8. The van der Waals surface area contributed by atoms with Crippen molar-refractivity contribution in [2.45, 2.75) is 32.0 Å². The molecule has 1 heterocycles. The number of rotatable bonds is 7. The number of sulfone groups is 1. The monoisotopic (exact) mass is 384 g/mol. The molecule has 0 radical (unpaired) electrons. The van der Waals surface area contributed by atoms with Gasteiger partial charge in [-0.15, -0.1) is 0 Å². The van der Waals surface area contributed by atoms with Gasteiger partial charge in [-0.2, -0.15) is 0 Å². The lowest BCUT2D eigenvalue weighted by Gasteiger charge is -2.31. The minimum Gasteiger partial charge on any atom is -0.497 e. The van der Waals surface area contributed by atoms with Crippen molar-refractivity contribution in [1.29, 1.82) is 0 Å². The molecule has 1 aromatic rings. The number of carbonyl (C=O) groups excluding carboxylic acids is 1. The van der Waals surface area contributed by atoms with Crippen molar-refractivity contribution in [2.24, 2.45) is 0 Å². The quantitative estimate of drug-likeness (QED) is 0.702. The van der Waals surface area contributed by atoms with Crippen LogP contribution < -0.4 is 9.47 Å². The zero-order chi connectivity index (χ0) is 19.5. The van der Waals surface area contributed by atoms with E-state index in [0.717, 1.165) is 5.56 Å². The Bertz CT molecular complexity index is 750. The van der Waals surface area contributed by atoms with Crippen molar-refractivity contribution in [3.8, 4) is 11.5 Å². The zero-order valence-corrected chi connectivity index (χ0v) is 16.9. The van der Waals surface area contributed by atoms with Gasteiger partial charge in [-0.25, -0.2) is 8.42 Å². The molecule has 1 amide bonds. The highest BCUT2D eigenvalue weighted by atomic mass is 32.2. The van der Waals surface area contributed by atoms with Gasteiger partial charge in [-0.1, -0.05) is 6.07 Å². The summed E-state index contributed by atoms with van der Waals surface area (Å²) in [5.41, 5.74) is 0.946. The SMILES string of the molecule is COc1ccc(CN(C)C(C)C(=O)N(C)C2CCS(=O)(=O)C2)c(OC)c1. The summed E-state index contributed by atoms with van der Waals surface area (Å²) in [6.07, 6.45) is 0.507. The fraction of sp³-hybridized carbons (Fsp3) is 0.611. The van der Waals surface area contributed by atoms with Crippen molar-refractivity contribution in [3.63, 3.8) is 0 Å². The summed E-state index contributed by atoms with van der Waals surface area (Å²) >= 11 is 0. The van der Waals surface area contributed by atoms with Gasteiger partial charge in [0.2, 0.25) is 5.91 Å². The molecule has 0 N–H and O–H groups in total. The molecular formula is C18H28N2O5S.